The van der Waals surface area contributed by atoms with Crippen molar-refractivity contribution in [2.45, 2.75) is 32.6 Å². The standard InChI is InChI=1S/C14H15Cl2NO2/c1-3-4-5-6-9-19-11-8-7-10(14(18)17-2)12(15)13(11)16/h7-8H,3-6,9H2,1H3. The quantitative estimate of drug-likeness (QED) is 0.523. The lowest BCUT2D eigenvalue weighted by Gasteiger charge is -2.10. The molecule has 0 radical (unpaired) electrons. The molecular weight excluding hydrogens is 285 g/mol. The van der Waals surface area contributed by atoms with Gasteiger partial charge in [-0.1, -0.05) is 55.5 Å². The number of nitrogens with zero attached hydrogens (tertiary/aromatic N) is 1. The Balaban J connectivity index is 2.69. The number of halogens is 2. The van der Waals surface area contributed by atoms with E-state index in [1.54, 1.807) is 6.07 Å². The number of benzene rings is 1. The molecule has 0 N–H and O–H groups in total. The zero-order valence-electron chi connectivity index (χ0n) is 10.7. The van der Waals surface area contributed by atoms with Crippen LogP contribution in [0.2, 0.25) is 10.0 Å². The number of unbranched alkanes of at least 4 members (excludes halogenated alkanes) is 3. The highest BCUT2D eigenvalue weighted by Crippen LogP contribution is 2.35. The second-order valence-electron chi connectivity index (χ2n) is 4.07. The largest absolute Gasteiger partial charge is 0.492 e. The van der Waals surface area contributed by atoms with E-state index in [-0.39, 0.29) is 15.6 Å². The first kappa shape index (κ1) is 15.8. The lowest BCUT2D eigenvalue weighted by Crippen LogP contribution is -2.00. The van der Waals surface area contributed by atoms with Gasteiger partial charge >= 0.3 is 5.91 Å². The fourth-order valence-electron chi connectivity index (χ4n) is 1.58. The van der Waals surface area contributed by atoms with Gasteiger partial charge in [0.2, 0.25) is 0 Å². The van der Waals surface area contributed by atoms with Crippen LogP contribution in [0.15, 0.2) is 12.1 Å². The minimum absolute atomic E-state index is 0.0775. The zero-order valence-corrected chi connectivity index (χ0v) is 12.2. The van der Waals surface area contributed by atoms with Crippen LogP contribution in [-0.2, 0) is 0 Å². The van der Waals surface area contributed by atoms with E-state index in [9.17, 15) is 4.79 Å². The molecule has 0 aromatic heterocycles. The van der Waals surface area contributed by atoms with Crippen molar-refractivity contribution in [1.82, 2.24) is 0 Å². The summed E-state index contributed by atoms with van der Waals surface area (Å²) < 4.78 is 5.53. The van der Waals surface area contributed by atoms with Gasteiger partial charge in [0.1, 0.15) is 10.8 Å². The normalized spacial score (nSPS) is 10.0. The average molecular weight is 300 g/mol. The topological polar surface area (TPSA) is 30.7 Å². The van der Waals surface area contributed by atoms with Gasteiger partial charge in [0.15, 0.2) is 0 Å². The van der Waals surface area contributed by atoms with E-state index in [0.717, 1.165) is 12.8 Å². The summed E-state index contributed by atoms with van der Waals surface area (Å²) in [5, 5.41) is 0.264. The highest BCUT2D eigenvalue weighted by atomic mass is 35.5. The molecule has 19 heavy (non-hydrogen) atoms. The highest BCUT2D eigenvalue weighted by Gasteiger charge is 2.16. The maximum atomic E-state index is 11.3. The fourth-order valence-corrected chi connectivity index (χ4v) is 2.04. The van der Waals surface area contributed by atoms with Crippen molar-refractivity contribution < 1.29 is 9.53 Å². The third-order valence-corrected chi connectivity index (χ3v) is 3.50. The molecule has 1 amide bonds. The maximum Gasteiger partial charge on any atom is 0.387 e. The number of hydrogen-bond donors (Lipinski definition) is 0. The average Bonchev–Trinajstić information content (AvgIpc) is 2.42. The summed E-state index contributed by atoms with van der Waals surface area (Å²) in [5.41, 5.74) is 0.111. The lowest BCUT2D eigenvalue weighted by atomic mass is 10.2. The summed E-state index contributed by atoms with van der Waals surface area (Å²) in [7, 11) is 0. The molecule has 0 saturated carbocycles. The fraction of sp³-hybridized carbons (Fsp3) is 0.429. The molecule has 0 atom stereocenters. The van der Waals surface area contributed by atoms with Gasteiger partial charge in [-0.2, -0.15) is 4.85 Å². The number of amides is 1. The zero-order chi connectivity index (χ0) is 14.3. The van der Waals surface area contributed by atoms with Crippen LogP contribution >= 0.6 is 23.2 Å². The van der Waals surface area contributed by atoms with E-state index in [1.165, 1.54) is 18.9 Å². The van der Waals surface area contributed by atoms with Crippen molar-refractivity contribution in [3.63, 3.8) is 0 Å². The van der Waals surface area contributed by atoms with Crippen molar-refractivity contribution >= 4 is 29.1 Å². The van der Waals surface area contributed by atoms with E-state index in [0.29, 0.717) is 12.4 Å². The minimum Gasteiger partial charge on any atom is -0.492 e. The van der Waals surface area contributed by atoms with E-state index < -0.39 is 5.91 Å². The van der Waals surface area contributed by atoms with Gasteiger partial charge < -0.3 is 9.53 Å². The Morgan fingerprint density at radius 3 is 2.63 bits per heavy atom. The Morgan fingerprint density at radius 1 is 1.26 bits per heavy atom. The SMILES string of the molecule is [C-]#[N+]C(=O)c1ccc(OCCCCCC)c(Cl)c1Cl. The molecule has 0 fully saturated rings. The second-order valence-corrected chi connectivity index (χ2v) is 4.82. The van der Waals surface area contributed by atoms with Gasteiger partial charge in [-0.15, -0.1) is 0 Å². The molecular formula is C14H15Cl2NO2. The summed E-state index contributed by atoms with van der Waals surface area (Å²) in [6.45, 7) is 9.39. The summed E-state index contributed by atoms with van der Waals surface area (Å²) in [4.78, 5) is 14.1. The van der Waals surface area contributed by atoms with Crippen molar-refractivity contribution in [2.24, 2.45) is 0 Å². The van der Waals surface area contributed by atoms with Crippen LogP contribution in [0.1, 0.15) is 43.0 Å². The van der Waals surface area contributed by atoms with E-state index in [1.807, 2.05) is 0 Å². The molecule has 0 spiro atoms. The third-order valence-electron chi connectivity index (χ3n) is 2.63. The predicted octanol–water partition coefficient (Wildman–Crippen LogP) is 5.01. The molecule has 0 aliphatic carbocycles. The van der Waals surface area contributed by atoms with Gasteiger partial charge in [-0.05, 0) is 12.5 Å². The molecule has 0 heterocycles. The van der Waals surface area contributed by atoms with Gasteiger partial charge in [0, 0.05) is 5.56 Å². The number of ether oxygens (including phenoxy) is 1. The predicted molar refractivity (Wildman–Crippen MR) is 77.0 cm³/mol. The van der Waals surface area contributed by atoms with Gasteiger partial charge in [-0.25, -0.2) is 0 Å². The Bertz CT molecular complexity index is 495. The smallest absolute Gasteiger partial charge is 0.387 e. The molecule has 0 saturated heterocycles. The Labute approximate surface area is 123 Å². The first-order chi connectivity index (χ1) is 9.11. The van der Waals surface area contributed by atoms with Gasteiger partial charge in [0.05, 0.1) is 18.2 Å². The molecule has 1 rings (SSSR count). The minimum atomic E-state index is -0.721. The molecule has 0 unspecified atom stereocenters. The monoisotopic (exact) mass is 299 g/mol. The summed E-state index contributed by atoms with van der Waals surface area (Å²) in [6.07, 6.45) is 4.40. The first-order valence-corrected chi connectivity index (χ1v) is 6.90. The maximum absolute atomic E-state index is 11.3. The Morgan fingerprint density at radius 2 is 2.00 bits per heavy atom. The van der Waals surface area contributed by atoms with Crippen molar-refractivity contribution in [3.8, 4) is 5.75 Å². The molecule has 1 aromatic rings. The summed E-state index contributed by atoms with van der Waals surface area (Å²) in [6, 6.07) is 3.04. The molecule has 5 heteroatoms. The van der Waals surface area contributed by atoms with E-state index >= 15 is 0 Å². The Hall–Kier alpha value is -1.24. The lowest BCUT2D eigenvalue weighted by molar-refractivity contribution is 0.104. The van der Waals surface area contributed by atoms with Crippen molar-refractivity contribution in [3.05, 3.63) is 39.2 Å². The molecule has 1 aromatic carbocycles. The number of carbonyl (C=O) groups is 1. The number of hydrogen-bond acceptors (Lipinski definition) is 2. The summed E-state index contributed by atoms with van der Waals surface area (Å²) in [5.74, 6) is -0.272. The molecule has 3 nitrogen and oxygen atoms in total. The van der Waals surface area contributed by atoms with Crippen LogP contribution < -0.4 is 4.74 Å². The van der Waals surface area contributed by atoms with Crippen LogP contribution in [-0.4, -0.2) is 12.5 Å². The highest BCUT2D eigenvalue weighted by molar-refractivity contribution is 6.45. The van der Waals surface area contributed by atoms with Crippen LogP contribution in [0.5, 0.6) is 5.75 Å². The molecule has 0 aliphatic heterocycles. The van der Waals surface area contributed by atoms with E-state index in [4.69, 9.17) is 34.5 Å². The van der Waals surface area contributed by atoms with Crippen LogP contribution in [0.3, 0.4) is 0 Å². The molecule has 0 aliphatic rings. The molecule has 0 bridgehead atoms. The Kier molecular flexibility index (Phi) is 6.69. The van der Waals surface area contributed by atoms with E-state index in [2.05, 4.69) is 11.8 Å². The third kappa shape index (κ3) is 4.41. The van der Waals surface area contributed by atoms with Gasteiger partial charge in [-0.3, -0.25) is 0 Å². The second kappa shape index (κ2) is 8.04. The van der Waals surface area contributed by atoms with Crippen LogP contribution in [0.25, 0.3) is 4.85 Å². The van der Waals surface area contributed by atoms with Gasteiger partial charge in [0.25, 0.3) is 0 Å². The summed E-state index contributed by atoms with van der Waals surface area (Å²) >= 11 is 12.0. The van der Waals surface area contributed by atoms with Crippen LogP contribution in [0.4, 0.5) is 0 Å². The first-order valence-electron chi connectivity index (χ1n) is 6.14. The van der Waals surface area contributed by atoms with Crippen molar-refractivity contribution in [2.75, 3.05) is 6.61 Å². The molecule has 102 valence electrons. The number of carbonyl (C=O) groups excluding carboxylic acids is 1. The van der Waals surface area contributed by atoms with Crippen LogP contribution in [0, 0.1) is 6.57 Å². The van der Waals surface area contributed by atoms with Crippen molar-refractivity contribution in [1.29, 1.82) is 0 Å². The number of rotatable bonds is 7.